The monoisotopic (exact) mass is 221 g/mol. The van der Waals surface area contributed by atoms with Gasteiger partial charge in [-0.2, -0.15) is 0 Å². The molecule has 5 heteroatoms. The van der Waals surface area contributed by atoms with E-state index in [2.05, 4.69) is 22.0 Å². The molecule has 0 saturated carbocycles. The topological polar surface area (TPSA) is 65.0 Å². The van der Waals surface area contributed by atoms with Gasteiger partial charge >= 0.3 is 0 Å². The summed E-state index contributed by atoms with van der Waals surface area (Å²) in [5.41, 5.74) is 2.18. The van der Waals surface area contributed by atoms with E-state index in [1.165, 1.54) is 12.8 Å². The van der Waals surface area contributed by atoms with Crippen molar-refractivity contribution in [3.63, 3.8) is 0 Å². The molecule has 0 spiro atoms. The summed E-state index contributed by atoms with van der Waals surface area (Å²) in [6.07, 6.45) is 2.36. The summed E-state index contributed by atoms with van der Waals surface area (Å²) in [4.78, 5) is 0.420. The zero-order valence-electron chi connectivity index (χ0n) is 9.27. The molecule has 0 aliphatic heterocycles. The van der Waals surface area contributed by atoms with Gasteiger partial charge in [0.1, 0.15) is 0 Å². The molecule has 0 atom stereocenters. The van der Waals surface area contributed by atoms with Gasteiger partial charge in [-0.05, 0) is 29.5 Å². The van der Waals surface area contributed by atoms with Gasteiger partial charge in [-0.25, -0.2) is 0 Å². The zero-order valence-corrected chi connectivity index (χ0v) is 9.27. The second-order valence-electron chi connectivity index (χ2n) is 3.78. The van der Waals surface area contributed by atoms with Crippen LogP contribution in [0.5, 0.6) is 0 Å². The van der Waals surface area contributed by atoms with E-state index in [1.54, 1.807) is 6.07 Å². The van der Waals surface area contributed by atoms with E-state index in [9.17, 15) is 5.21 Å². The molecule has 0 aliphatic rings. The predicted octanol–water partition coefficient (Wildman–Crippen LogP) is 1.35. The molecule has 0 saturated heterocycles. The Bertz CT molecular complexity index is 467. The molecule has 1 N–H and O–H groups in total. The van der Waals surface area contributed by atoms with E-state index in [4.69, 9.17) is 0 Å². The fraction of sp³-hybridized carbons (Fsp3) is 0.455. The fourth-order valence-electron chi connectivity index (χ4n) is 1.57. The van der Waals surface area contributed by atoms with Crippen molar-refractivity contribution in [1.82, 2.24) is 10.5 Å². The molecule has 5 nitrogen and oxygen atoms in total. The van der Waals surface area contributed by atoms with E-state index < -0.39 is 0 Å². The number of unbranched alkanes of at least 4 members (excludes halogenated alkanes) is 1. The first-order chi connectivity index (χ1) is 7.81. The predicted molar refractivity (Wildman–Crippen MR) is 59.6 cm³/mol. The molecule has 0 bridgehead atoms. The van der Waals surface area contributed by atoms with Crippen molar-refractivity contribution in [2.45, 2.75) is 26.3 Å². The third kappa shape index (κ3) is 2.30. The van der Waals surface area contributed by atoms with Crippen molar-refractivity contribution >= 4 is 11.0 Å². The fourth-order valence-corrected chi connectivity index (χ4v) is 1.57. The van der Waals surface area contributed by atoms with Crippen LogP contribution in [0.15, 0.2) is 22.8 Å². The van der Waals surface area contributed by atoms with Crippen LogP contribution < -0.4 is 10.2 Å². The molecule has 2 aromatic rings. The summed E-state index contributed by atoms with van der Waals surface area (Å²) < 4.78 is 4.50. The molecule has 0 unspecified atom stereocenters. The van der Waals surface area contributed by atoms with Crippen LogP contribution in [-0.2, 0) is 6.54 Å². The molecule has 0 aliphatic carbocycles. The lowest BCUT2D eigenvalue weighted by Gasteiger charge is -2.02. The van der Waals surface area contributed by atoms with Crippen molar-refractivity contribution in [3.8, 4) is 0 Å². The maximum absolute atomic E-state index is 11.1. The second kappa shape index (κ2) is 4.94. The number of aromatic nitrogens is 2. The number of benzene rings is 1. The molecule has 1 heterocycles. The Morgan fingerprint density at radius 2 is 2.38 bits per heavy atom. The van der Waals surface area contributed by atoms with Crippen molar-refractivity contribution in [3.05, 3.63) is 29.0 Å². The van der Waals surface area contributed by atoms with E-state index in [0.717, 1.165) is 18.7 Å². The third-order valence-electron chi connectivity index (χ3n) is 2.49. The molecule has 0 amide bonds. The summed E-state index contributed by atoms with van der Waals surface area (Å²) in [6, 6.07) is 5.51. The summed E-state index contributed by atoms with van der Waals surface area (Å²) in [6.45, 7) is 3.96. The molecule has 2 rings (SSSR count). The Labute approximate surface area is 93.6 Å². The van der Waals surface area contributed by atoms with Gasteiger partial charge < -0.3 is 10.5 Å². The van der Waals surface area contributed by atoms with Crippen LogP contribution >= 0.6 is 0 Å². The van der Waals surface area contributed by atoms with E-state index in [0.29, 0.717) is 15.9 Å². The first-order valence-corrected chi connectivity index (χ1v) is 5.50. The molecule has 86 valence electrons. The van der Waals surface area contributed by atoms with Gasteiger partial charge in [0.05, 0.1) is 0 Å². The summed E-state index contributed by atoms with van der Waals surface area (Å²) in [5.74, 6) is 0. The van der Waals surface area contributed by atoms with Gasteiger partial charge in [-0.15, -0.1) is 0 Å². The number of rotatable bonds is 5. The number of nitrogens with zero attached hydrogens (tertiary/aromatic N) is 2. The lowest BCUT2D eigenvalue weighted by Crippen LogP contribution is -2.22. The van der Waals surface area contributed by atoms with Crippen molar-refractivity contribution in [1.29, 1.82) is 0 Å². The highest BCUT2D eigenvalue weighted by molar-refractivity contribution is 5.70. The van der Waals surface area contributed by atoms with Gasteiger partial charge in [0.2, 0.25) is 11.0 Å². The highest BCUT2D eigenvalue weighted by Crippen LogP contribution is 2.10. The molecule has 0 radical (unpaired) electrons. The quantitative estimate of drug-likeness (QED) is 0.611. The highest BCUT2D eigenvalue weighted by Gasteiger charge is 2.08. The van der Waals surface area contributed by atoms with Crippen LogP contribution in [0.3, 0.4) is 0 Å². The standard InChI is InChI=1S/C11H15N3O2/c1-2-3-6-12-8-9-4-5-11-10(7-9)13-16-14(11)15/h4-5,7,12H,2-3,6,8H2,1H3. The largest absolute Gasteiger partial charge is 0.359 e. The summed E-state index contributed by atoms with van der Waals surface area (Å²) in [5, 5.41) is 18.1. The van der Waals surface area contributed by atoms with Crippen molar-refractivity contribution < 1.29 is 9.53 Å². The lowest BCUT2D eigenvalue weighted by molar-refractivity contribution is -0.782. The van der Waals surface area contributed by atoms with Crippen LogP contribution in [0.4, 0.5) is 0 Å². The number of fused-ring (bicyclic) bond motifs is 1. The average molecular weight is 221 g/mol. The van der Waals surface area contributed by atoms with Crippen molar-refractivity contribution in [2.24, 2.45) is 0 Å². The van der Waals surface area contributed by atoms with Gasteiger partial charge in [0.15, 0.2) is 0 Å². The highest BCUT2D eigenvalue weighted by atomic mass is 16.8. The lowest BCUT2D eigenvalue weighted by atomic mass is 10.2. The Kier molecular flexibility index (Phi) is 3.36. The minimum Gasteiger partial charge on any atom is -0.359 e. The maximum atomic E-state index is 11.1. The van der Waals surface area contributed by atoms with Crippen LogP contribution in [0.2, 0.25) is 0 Å². The molecule has 1 aromatic carbocycles. The smallest absolute Gasteiger partial charge is 0.248 e. The Morgan fingerprint density at radius 1 is 1.50 bits per heavy atom. The number of nitrogens with one attached hydrogen (secondary N) is 1. The van der Waals surface area contributed by atoms with E-state index in [1.807, 2.05) is 12.1 Å². The third-order valence-corrected chi connectivity index (χ3v) is 2.49. The minimum absolute atomic E-state index is 0.420. The Hall–Kier alpha value is -1.62. The van der Waals surface area contributed by atoms with E-state index in [-0.39, 0.29) is 0 Å². The first-order valence-electron chi connectivity index (χ1n) is 5.50. The SMILES string of the molecule is CCCCNCc1ccc2c(c1)no[n+]2[O-]. The second-order valence-corrected chi connectivity index (χ2v) is 3.78. The zero-order chi connectivity index (χ0) is 11.4. The Morgan fingerprint density at radius 3 is 3.19 bits per heavy atom. The van der Waals surface area contributed by atoms with Crippen molar-refractivity contribution in [2.75, 3.05) is 6.54 Å². The summed E-state index contributed by atoms with van der Waals surface area (Å²) >= 11 is 0. The average Bonchev–Trinajstić information content (AvgIpc) is 2.66. The van der Waals surface area contributed by atoms with Gasteiger partial charge in [0.25, 0.3) is 0 Å². The van der Waals surface area contributed by atoms with Crippen LogP contribution in [0.25, 0.3) is 11.0 Å². The minimum atomic E-state index is 0.420. The van der Waals surface area contributed by atoms with Crippen LogP contribution in [0.1, 0.15) is 25.3 Å². The Balaban J connectivity index is 2.02. The maximum Gasteiger partial charge on any atom is 0.248 e. The molecular formula is C11H15N3O2. The summed E-state index contributed by atoms with van der Waals surface area (Å²) in [7, 11) is 0. The van der Waals surface area contributed by atoms with Gasteiger partial charge in [-0.3, -0.25) is 4.63 Å². The number of hydrogen-bond acceptors (Lipinski definition) is 4. The van der Waals surface area contributed by atoms with E-state index >= 15 is 0 Å². The molecule has 16 heavy (non-hydrogen) atoms. The first kappa shape index (κ1) is 10.9. The molecular weight excluding hydrogens is 206 g/mol. The van der Waals surface area contributed by atoms with Crippen LogP contribution in [-0.4, -0.2) is 11.7 Å². The number of hydrogen-bond donors (Lipinski definition) is 1. The van der Waals surface area contributed by atoms with Crippen LogP contribution in [0, 0.1) is 5.21 Å². The molecule has 1 aromatic heterocycles. The van der Waals surface area contributed by atoms with Gasteiger partial charge in [0, 0.05) is 17.8 Å². The van der Waals surface area contributed by atoms with Gasteiger partial charge in [-0.1, -0.05) is 19.4 Å². The normalized spacial score (nSPS) is 11.1. The molecule has 0 fully saturated rings.